The van der Waals surface area contributed by atoms with Crippen LogP contribution in [0.2, 0.25) is 0 Å². The lowest BCUT2D eigenvalue weighted by atomic mass is 10.1. The molecule has 0 bridgehead atoms. The van der Waals surface area contributed by atoms with E-state index in [1.807, 2.05) is 80.2 Å². The van der Waals surface area contributed by atoms with Crippen molar-refractivity contribution in [2.75, 3.05) is 6.61 Å². The van der Waals surface area contributed by atoms with Gasteiger partial charge < -0.3 is 4.74 Å². The Labute approximate surface area is 135 Å². The maximum atomic E-state index is 12.9. The second kappa shape index (κ2) is 6.16. The van der Waals surface area contributed by atoms with E-state index < -0.39 is 0 Å². The van der Waals surface area contributed by atoms with Gasteiger partial charge in [0.25, 0.3) is 5.56 Å². The van der Waals surface area contributed by atoms with Crippen LogP contribution in [0.25, 0.3) is 16.8 Å². The predicted molar refractivity (Wildman–Crippen MR) is 92.4 cm³/mol. The van der Waals surface area contributed by atoms with Crippen LogP contribution in [0.5, 0.6) is 5.75 Å². The summed E-state index contributed by atoms with van der Waals surface area (Å²) in [6, 6.07) is 17.3. The van der Waals surface area contributed by atoms with Crippen LogP contribution in [0, 0.1) is 6.92 Å². The highest BCUT2D eigenvalue weighted by atomic mass is 16.5. The van der Waals surface area contributed by atoms with E-state index >= 15 is 0 Å². The summed E-state index contributed by atoms with van der Waals surface area (Å²) < 4.78 is 9.05. The minimum atomic E-state index is -0.0136. The molecular weight excluding hydrogens is 288 g/mol. The minimum Gasteiger partial charge on any atom is -0.494 e. The van der Waals surface area contributed by atoms with Gasteiger partial charge in [0.15, 0.2) is 0 Å². The third kappa shape index (κ3) is 2.68. The Kier molecular flexibility index (Phi) is 4.06. The van der Waals surface area contributed by atoms with Gasteiger partial charge in [0.2, 0.25) is 0 Å². The van der Waals surface area contributed by atoms with Crippen molar-refractivity contribution in [2.45, 2.75) is 13.8 Å². The Bertz CT molecular complexity index is 859. The fourth-order valence-corrected chi connectivity index (χ4v) is 2.79. The first-order chi connectivity index (χ1) is 11.1. The van der Waals surface area contributed by atoms with Crippen molar-refractivity contribution in [3.8, 4) is 22.6 Å². The smallest absolute Gasteiger partial charge is 0.279 e. The Morgan fingerprint density at radius 1 is 1.00 bits per heavy atom. The summed E-state index contributed by atoms with van der Waals surface area (Å²) in [5, 5.41) is 0. The van der Waals surface area contributed by atoms with E-state index in [1.54, 1.807) is 4.68 Å². The summed E-state index contributed by atoms with van der Waals surface area (Å²) in [5.41, 5.74) is 3.41. The van der Waals surface area contributed by atoms with Crippen LogP contribution in [0.4, 0.5) is 0 Å². The number of nitrogens with zero attached hydrogens (tertiary/aromatic N) is 2. The van der Waals surface area contributed by atoms with Gasteiger partial charge in [-0.05, 0) is 43.7 Å². The molecule has 0 radical (unpaired) electrons. The molecule has 4 heteroatoms. The van der Waals surface area contributed by atoms with Crippen molar-refractivity contribution in [1.29, 1.82) is 0 Å². The molecule has 2 aromatic carbocycles. The number of rotatable bonds is 4. The molecular formula is C19H20N2O2. The number of ether oxygens (including phenoxy) is 1. The molecule has 0 N–H and O–H groups in total. The van der Waals surface area contributed by atoms with Gasteiger partial charge in [-0.15, -0.1) is 0 Å². The molecule has 0 unspecified atom stereocenters. The Morgan fingerprint density at radius 2 is 1.65 bits per heavy atom. The lowest BCUT2D eigenvalue weighted by molar-refractivity contribution is 0.340. The molecule has 4 nitrogen and oxygen atoms in total. The molecule has 0 aliphatic heterocycles. The highest BCUT2D eigenvalue weighted by Crippen LogP contribution is 2.24. The molecule has 0 fully saturated rings. The molecule has 0 aliphatic rings. The lowest BCUT2D eigenvalue weighted by Crippen LogP contribution is -2.20. The molecule has 1 heterocycles. The van der Waals surface area contributed by atoms with Crippen molar-refractivity contribution < 1.29 is 4.74 Å². The second-order valence-electron chi connectivity index (χ2n) is 5.39. The van der Waals surface area contributed by atoms with Crippen LogP contribution in [-0.4, -0.2) is 16.0 Å². The van der Waals surface area contributed by atoms with E-state index in [2.05, 4.69) is 0 Å². The maximum absolute atomic E-state index is 12.9. The molecule has 0 aliphatic carbocycles. The van der Waals surface area contributed by atoms with Crippen molar-refractivity contribution >= 4 is 0 Å². The first-order valence-electron chi connectivity index (χ1n) is 7.70. The standard InChI is InChI=1S/C19H20N2O2/c1-4-23-17-12-10-15(11-13-17)18-14(2)20(3)21(19(18)22)16-8-6-5-7-9-16/h5-13H,4H2,1-3H3. The van der Waals surface area contributed by atoms with E-state index in [9.17, 15) is 4.79 Å². The van der Waals surface area contributed by atoms with Gasteiger partial charge in [-0.25, -0.2) is 4.68 Å². The van der Waals surface area contributed by atoms with Gasteiger partial charge in [-0.1, -0.05) is 30.3 Å². The molecule has 0 spiro atoms. The molecule has 0 amide bonds. The van der Waals surface area contributed by atoms with E-state index in [4.69, 9.17) is 4.74 Å². The summed E-state index contributed by atoms with van der Waals surface area (Å²) in [7, 11) is 1.90. The summed E-state index contributed by atoms with van der Waals surface area (Å²) >= 11 is 0. The van der Waals surface area contributed by atoms with Gasteiger partial charge >= 0.3 is 0 Å². The van der Waals surface area contributed by atoms with Crippen LogP contribution < -0.4 is 10.3 Å². The highest BCUT2D eigenvalue weighted by molar-refractivity contribution is 5.66. The number of hydrogen-bond acceptors (Lipinski definition) is 2. The summed E-state index contributed by atoms with van der Waals surface area (Å²) in [6.45, 7) is 4.55. The van der Waals surface area contributed by atoms with E-state index in [0.29, 0.717) is 6.61 Å². The fourth-order valence-electron chi connectivity index (χ4n) is 2.79. The molecule has 1 aromatic heterocycles. The maximum Gasteiger partial charge on any atom is 0.279 e. The van der Waals surface area contributed by atoms with Crippen LogP contribution in [0.15, 0.2) is 59.4 Å². The molecule has 0 atom stereocenters. The van der Waals surface area contributed by atoms with Crippen molar-refractivity contribution in [3.05, 3.63) is 70.6 Å². The van der Waals surface area contributed by atoms with Gasteiger partial charge in [0.1, 0.15) is 5.75 Å². The van der Waals surface area contributed by atoms with Gasteiger partial charge in [-0.3, -0.25) is 9.48 Å². The largest absolute Gasteiger partial charge is 0.494 e. The molecule has 3 rings (SSSR count). The molecule has 3 aromatic rings. The third-order valence-electron chi connectivity index (χ3n) is 4.01. The SMILES string of the molecule is CCOc1ccc(-c2c(C)n(C)n(-c3ccccc3)c2=O)cc1. The fraction of sp³-hybridized carbons (Fsp3) is 0.211. The molecule has 0 saturated carbocycles. The minimum absolute atomic E-state index is 0.0136. The second-order valence-corrected chi connectivity index (χ2v) is 5.39. The Morgan fingerprint density at radius 3 is 2.26 bits per heavy atom. The first kappa shape index (κ1) is 15.2. The zero-order valence-corrected chi connectivity index (χ0v) is 13.6. The zero-order chi connectivity index (χ0) is 16.4. The van der Waals surface area contributed by atoms with Gasteiger partial charge in [0.05, 0.1) is 17.9 Å². The number of aromatic nitrogens is 2. The Hall–Kier alpha value is -2.75. The average Bonchev–Trinajstić information content (AvgIpc) is 2.79. The molecule has 0 saturated heterocycles. The summed E-state index contributed by atoms with van der Waals surface area (Å²) in [5.74, 6) is 0.813. The first-order valence-corrected chi connectivity index (χ1v) is 7.70. The van der Waals surface area contributed by atoms with Crippen molar-refractivity contribution in [2.24, 2.45) is 7.05 Å². The Balaban J connectivity index is 2.13. The van der Waals surface area contributed by atoms with Crippen LogP contribution >= 0.6 is 0 Å². The summed E-state index contributed by atoms with van der Waals surface area (Å²) in [6.07, 6.45) is 0. The molecule has 23 heavy (non-hydrogen) atoms. The van der Waals surface area contributed by atoms with Gasteiger partial charge in [-0.2, -0.15) is 0 Å². The normalized spacial score (nSPS) is 10.7. The number of hydrogen-bond donors (Lipinski definition) is 0. The highest BCUT2D eigenvalue weighted by Gasteiger charge is 2.17. The van der Waals surface area contributed by atoms with Crippen LogP contribution in [-0.2, 0) is 7.05 Å². The van der Waals surface area contributed by atoms with Crippen LogP contribution in [0.1, 0.15) is 12.6 Å². The number of para-hydroxylation sites is 1. The van der Waals surface area contributed by atoms with Gasteiger partial charge in [0, 0.05) is 12.7 Å². The van der Waals surface area contributed by atoms with E-state index in [0.717, 1.165) is 28.3 Å². The van der Waals surface area contributed by atoms with Crippen molar-refractivity contribution in [1.82, 2.24) is 9.36 Å². The summed E-state index contributed by atoms with van der Waals surface area (Å²) in [4.78, 5) is 12.9. The third-order valence-corrected chi connectivity index (χ3v) is 4.01. The van der Waals surface area contributed by atoms with Crippen molar-refractivity contribution in [3.63, 3.8) is 0 Å². The lowest BCUT2D eigenvalue weighted by Gasteiger charge is -2.07. The average molecular weight is 308 g/mol. The topological polar surface area (TPSA) is 36.2 Å². The predicted octanol–water partition coefficient (Wildman–Crippen LogP) is 3.55. The van der Waals surface area contributed by atoms with Crippen LogP contribution in [0.3, 0.4) is 0 Å². The zero-order valence-electron chi connectivity index (χ0n) is 13.6. The monoisotopic (exact) mass is 308 g/mol. The quantitative estimate of drug-likeness (QED) is 0.739. The molecule has 118 valence electrons. The van der Waals surface area contributed by atoms with E-state index in [-0.39, 0.29) is 5.56 Å². The number of benzene rings is 2. The van der Waals surface area contributed by atoms with E-state index in [1.165, 1.54) is 0 Å².